The second-order valence-corrected chi connectivity index (χ2v) is 7.03. The highest BCUT2D eigenvalue weighted by Crippen LogP contribution is 2.41. The summed E-state index contributed by atoms with van der Waals surface area (Å²) in [6, 6.07) is 14.8. The van der Waals surface area contributed by atoms with Gasteiger partial charge < -0.3 is 10.0 Å². The van der Waals surface area contributed by atoms with E-state index in [9.17, 15) is 5.11 Å². The molecular formula is C21H27NO. The first-order valence-electron chi connectivity index (χ1n) is 8.57. The van der Waals surface area contributed by atoms with Crippen LogP contribution in [0.5, 0.6) is 0 Å². The molecule has 1 unspecified atom stereocenters. The average Bonchev–Trinajstić information content (AvgIpc) is 2.65. The SMILES string of the molecule is Cc1cccc2c1CCc1ccccc1C2(O)CCCN(C)C. The van der Waals surface area contributed by atoms with Gasteiger partial charge >= 0.3 is 0 Å². The zero-order valence-electron chi connectivity index (χ0n) is 14.5. The standard InChI is InChI=1S/C21H27NO/c1-16-8-6-11-20-18(16)13-12-17-9-4-5-10-19(17)21(20,23)14-7-15-22(2)3/h4-6,8-11,23H,7,12-15H2,1-3H3. The van der Waals surface area contributed by atoms with Gasteiger partial charge in [-0.1, -0.05) is 42.5 Å². The normalized spacial score (nSPS) is 20.0. The molecule has 1 aliphatic carbocycles. The quantitative estimate of drug-likeness (QED) is 0.931. The number of nitrogens with zero attached hydrogens (tertiary/aromatic N) is 1. The lowest BCUT2D eigenvalue weighted by molar-refractivity contribution is 0.0658. The maximum atomic E-state index is 11.8. The van der Waals surface area contributed by atoms with E-state index in [1.54, 1.807) is 0 Å². The fourth-order valence-electron chi connectivity index (χ4n) is 3.89. The van der Waals surface area contributed by atoms with Crippen LogP contribution >= 0.6 is 0 Å². The number of hydrogen-bond acceptors (Lipinski definition) is 2. The molecule has 2 aromatic rings. The number of aliphatic hydroxyl groups is 1. The summed E-state index contributed by atoms with van der Waals surface area (Å²) in [5, 5.41) is 11.8. The van der Waals surface area contributed by atoms with Gasteiger partial charge in [0, 0.05) is 0 Å². The highest BCUT2D eigenvalue weighted by molar-refractivity contribution is 5.49. The van der Waals surface area contributed by atoms with E-state index in [1.165, 1.54) is 16.7 Å². The fourth-order valence-corrected chi connectivity index (χ4v) is 3.89. The van der Waals surface area contributed by atoms with Crippen molar-refractivity contribution in [2.75, 3.05) is 20.6 Å². The Bertz CT molecular complexity index is 692. The predicted molar refractivity (Wildman–Crippen MR) is 95.8 cm³/mol. The Morgan fingerprint density at radius 2 is 1.74 bits per heavy atom. The Morgan fingerprint density at radius 3 is 2.52 bits per heavy atom. The lowest BCUT2D eigenvalue weighted by Crippen LogP contribution is -2.30. The molecule has 0 saturated carbocycles. The maximum absolute atomic E-state index is 11.8. The van der Waals surface area contributed by atoms with Crippen LogP contribution in [0.25, 0.3) is 0 Å². The first kappa shape index (κ1) is 16.2. The Hall–Kier alpha value is -1.64. The largest absolute Gasteiger partial charge is 0.380 e. The number of fused-ring (bicyclic) bond motifs is 2. The van der Waals surface area contributed by atoms with Crippen molar-refractivity contribution in [1.82, 2.24) is 4.90 Å². The molecule has 23 heavy (non-hydrogen) atoms. The van der Waals surface area contributed by atoms with Crippen LogP contribution in [0.3, 0.4) is 0 Å². The zero-order valence-corrected chi connectivity index (χ0v) is 14.5. The maximum Gasteiger partial charge on any atom is 0.115 e. The fraction of sp³-hybridized carbons (Fsp3) is 0.429. The number of rotatable bonds is 4. The predicted octanol–water partition coefficient (Wildman–Crippen LogP) is 3.67. The van der Waals surface area contributed by atoms with E-state index in [4.69, 9.17) is 0 Å². The van der Waals surface area contributed by atoms with Crippen LogP contribution in [-0.4, -0.2) is 30.6 Å². The minimum Gasteiger partial charge on any atom is -0.380 e. The molecule has 0 radical (unpaired) electrons. The molecular weight excluding hydrogens is 282 g/mol. The first-order valence-corrected chi connectivity index (χ1v) is 8.57. The van der Waals surface area contributed by atoms with Gasteiger partial charge in [-0.2, -0.15) is 0 Å². The molecule has 3 rings (SSSR count). The van der Waals surface area contributed by atoms with E-state index in [0.29, 0.717) is 0 Å². The van der Waals surface area contributed by atoms with E-state index >= 15 is 0 Å². The molecule has 0 spiro atoms. The van der Waals surface area contributed by atoms with Crippen LogP contribution in [-0.2, 0) is 18.4 Å². The molecule has 2 nitrogen and oxygen atoms in total. The highest BCUT2D eigenvalue weighted by Gasteiger charge is 2.36. The molecule has 0 saturated heterocycles. The Morgan fingerprint density at radius 1 is 1.00 bits per heavy atom. The Balaban J connectivity index is 2.09. The highest BCUT2D eigenvalue weighted by atomic mass is 16.3. The summed E-state index contributed by atoms with van der Waals surface area (Å²) in [5.41, 5.74) is 5.25. The second kappa shape index (κ2) is 6.46. The third-order valence-electron chi connectivity index (χ3n) is 5.11. The molecule has 0 fully saturated rings. The van der Waals surface area contributed by atoms with Crippen LogP contribution in [0, 0.1) is 6.92 Å². The summed E-state index contributed by atoms with van der Waals surface area (Å²) in [5.74, 6) is 0. The van der Waals surface area contributed by atoms with Crippen molar-refractivity contribution in [1.29, 1.82) is 0 Å². The van der Waals surface area contributed by atoms with Crippen molar-refractivity contribution in [2.45, 2.75) is 38.2 Å². The number of aryl methyl sites for hydroxylation is 2. The molecule has 1 aliphatic rings. The average molecular weight is 309 g/mol. The lowest BCUT2D eigenvalue weighted by atomic mass is 9.79. The second-order valence-electron chi connectivity index (χ2n) is 7.03. The monoisotopic (exact) mass is 309 g/mol. The smallest absolute Gasteiger partial charge is 0.115 e. The molecule has 0 bridgehead atoms. The van der Waals surface area contributed by atoms with Crippen LogP contribution in [0.1, 0.15) is 40.7 Å². The number of benzene rings is 2. The van der Waals surface area contributed by atoms with Crippen LogP contribution in [0.4, 0.5) is 0 Å². The lowest BCUT2D eigenvalue weighted by Gasteiger charge is -2.32. The van der Waals surface area contributed by atoms with Gasteiger partial charge in [0.25, 0.3) is 0 Å². The molecule has 0 amide bonds. The minimum atomic E-state index is -0.871. The topological polar surface area (TPSA) is 23.5 Å². The van der Waals surface area contributed by atoms with E-state index in [-0.39, 0.29) is 0 Å². The summed E-state index contributed by atoms with van der Waals surface area (Å²) in [7, 11) is 4.17. The summed E-state index contributed by atoms with van der Waals surface area (Å²) in [4.78, 5) is 2.18. The molecule has 0 heterocycles. The molecule has 1 atom stereocenters. The van der Waals surface area contributed by atoms with E-state index < -0.39 is 5.60 Å². The molecule has 122 valence electrons. The van der Waals surface area contributed by atoms with Crippen LogP contribution in [0.15, 0.2) is 42.5 Å². The molecule has 1 N–H and O–H groups in total. The zero-order chi connectivity index (χ0) is 16.4. The Kier molecular flexibility index (Phi) is 4.56. The summed E-state index contributed by atoms with van der Waals surface area (Å²) in [6.07, 6.45) is 3.75. The van der Waals surface area contributed by atoms with Crippen molar-refractivity contribution in [3.05, 3.63) is 70.3 Å². The van der Waals surface area contributed by atoms with Gasteiger partial charge in [0.15, 0.2) is 0 Å². The molecule has 2 heteroatoms. The molecule has 0 aliphatic heterocycles. The van der Waals surface area contributed by atoms with Crippen molar-refractivity contribution in [2.24, 2.45) is 0 Å². The molecule has 2 aromatic carbocycles. The van der Waals surface area contributed by atoms with Crippen molar-refractivity contribution in [3.63, 3.8) is 0 Å². The minimum absolute atomic E-state index is 0.763. The van der Waals surface area contributed by atoms with Crippen molar-refractivity contribution >= 4 is 0 Å². The van der Waals surface area contributed by atoms with Gasteiger partial charge in [-0.05, 0) is 81.1 Å². The van der Waals surface area contributed by atoms with Gasteiger partial charge in [0.05, 0.1) is 0 Å². The Labute approximate surface area is 139 Å². The summed E-state index contributed by atoms with van der Waals surface area (Å²) in [6.45, 7) is 3.15. The van der Waals surface area contributed by atoms with Gasteiger partial charge in [-0.15, -0.1) is 0 Å². The first-order chi connectivity index (χ1) is 11.0. The van der Waals surface area contributed by atoms with Gasteiger partial charge in [-0.25, -0.2) is 0 Å². The van der Waals surface area contributed by atoms with Gasteiger partial charge in [0.1, 0.15) is 5.60 Å². The third kappa shape index (κ3) is 3.06. The van der Waals surface area contributed by atoms with Crippen LogP contribution in [0.2, 0.25) is 0 Å². The molecule has 0 aromatic heterocycles. The summed E-state index contributed by atoms with van der Waals surface area (Å²) < 4.78 is 0. The van der Waals surface area contributed by atoms with E-state index in [0.717, 1.165) is 43.4 Å². The van der Waals surface area contributed by atoms with Crippen LogP contribution < -0.4 is 0 Å². The van der Waals surface area contributed by atoms with Crippen molar-refractivity contribution < 1.29 is 5.11 Å². The van der Waals surface area contributed by atoms with Crippen molar-refractivity contribution in [3.8, 4) is 0 Å². The summed E-state index contributed by atoms with van der Waals surface area (Å²) >= 11 is 0. The number of hydrogen-bond donors (Lipinski definition) is 1. The van der Waals surface area contributed by atoms with E-state index in [1.807, 2.05) is 0 Å². The van der Waals surface area contributed by atoms with Gasteiger partial charge in [0.2, 0.25) is 0 Å². The third-order valence-corrected chi connectivity index (χ3v) is 5.11. The van der Waals surface area contributed by atoms with Gasteiger partial charge in [-0.3, -0.25) is 0 Å². The van der Waals surface area contributed by atoms with E-state index in [2.05, 4.69) is 68.4 Å².